The minimum atomic E-state index is 0.447. The van der Waals surface area contributed by atoms with Gasteiger partial charge in [0.2, 0.25) is 0 Å². The van der Waals surface area contributed by atoms with Crippen molar-refractivity contribution in [1.82, 2.24) is 24.1 Å². The molecule has 12 aromatic rings. The molecule has 66 heavy (non-hydrogen) atoms. The molecule has 12 rings (SSSR count). The smallest absolute Gasteiger partial charge is 0.200 e. The Labute approximate surface area is 382 Å². The molecule has 310 valence electrons. The second-order valence-electron chi connectivity index (χ2n) is 16.8. The molecule has 0 saturated carbocycles. The van der Waals surface area contributed by atoms with Crippen molar-refractivity contribution in [2.45, 2.75) is 13.8 Å². The lowest BCUT2D eigenvalue weighted by atomic mass is 10.0. The highest BCUT2D eigenvalue weighted by molar-refractivity contribution is 6.14. The van der Waals surface area contributed by atoms with Crippen LogP contribution in [0.15, 0.2) is 206 Å². The Kier molecular flexibility index (Phi) is 9.22. The first-order valence-corrected chi connectivity index (χ1v) is 22.1. The van der Waals surface area contributed by atoms with Gasteiger partial charge < -0.3 is 9.13 Å². The fourth-order valence-corrected chi connectivity index (χ4v) is 9.73. The summed E-state index contributed by atoms with van der Waals surface area (Å²) >= 11 is 0. The standard InChI is InChI=1S/C60H40N6/c1-38-62-39(2)64-60(63-38)52-36-58(65-54-32-44(40-16-8-4-9-17-40)24-28-48(54)49-29-25-45(33-55(49)65)41-18-10-5-11-19-41)59(37-53(52)61-3)66-56-34-46(42-20-12-6-13-21-42)26-30-50(56)51-31-27-47(35-57(51)66)43-22-14-7-15-23-43/h4-37H,1-2H3. The summed E-state index contributed by atoms with van der Waals surface area (Å²) in [5.41, 5.74) is 15.9. The first-order valence-electron chi connectivity index (χ1n) is 22.1. The van der Waals surface area contributed by atoms with Crippen LogP contribution in [0.1, 0.15) is 11.6 Å². The van der Waals surface area contributed by atoms with Crippen LogP contribution in [0, 0.1) is 20.4 Å². The molecule has 6 nitrogen and oxygen atoms in total. The first kappa shape index (κ1) is 38.7. The summed E-state index contributed by atoms with van der Waals surface area (Å²) in [6.45, 7) is 12.5. The highest BCUT2D eigenvalue weighted by Crippen LogP contribution is 2.45. The first-order chi connectivity index (χ1) is 32.5. The van der Waals surface area contributed by atoms with E-state index in [1.165, 1.54) is 0 Å². The molecule has 3 heterocycles. The zero-order chi connectivity index (χ0) is 44.3. The van der Waals surface area contributed by atoms with Gasteiger partial charge in [0.1, 0.15) is 11.6 Å². The van der Waals surface area contributed by atoms with Crippen LogP contribution in [-0.4, -0.2) is 24.1 Å². The topological polar surface area (TPSA) is 52.9 Å². The second kappa shape index (κ2) is 15.7. The van der Waals surface area contributed by atoms with Crippen LogP contribution in [0.25, 0.3) is 116 Å². The Morgan fingerprint density at radius 3 is 0.985 bits per heavy atom. The fraction of sp³-hybridized carbons (Fsp3) is 0.0333. The Morgan fingerprint density at radius 1 is 0.348 bits per heavy atom. The molecule has 0 atom stereocenters. The van der Waals surface area contributed by atoms with Crippen LogP contribution >= 0.6 is 0 Å². The van der Waals surface area contributed by atoms with E-state index in [1.807, 2.05) is 13.8 Å². The van der Waals surface area contributed by atoms with Crippen molar-refractivity contribution in [2.24, 2.45) is 0 Å². The van der Waals surface area contributed by atoms with Gasteiger partial charge in [-0.1, -0.05) is 170 Å². The number of hydrogen-bond acceptors (Lipinski definition) is 3. The van der Waals surface area contributed by atoms with E-state index < -0.39 is 0 Å². The molecule has 0 amide bonds. The van der Waals surface area contributed by atoms with Gasteiger partial charge in [0.05, 0.1) is 40.0 Å². The largest absolute Gasteiger partial charge is 0.308 e. The normalized spacial score (nSPS) is 11.5. The Bertz CT molecular complexity index is 3670. The summed E-state index contributed by atoms with van der Waals surface area (Å²) in [5, 5.41) is 4.48. The van der Waals surface area contributed by atoms with Crippen molar-refractivity contribution in [1.29, 1.82) is 0 Å². The summed E-state index contributed by atoms with van der Waals surface area (Å²) in [6.07, 6.45) is 0. The van der Waals surface area contributed by atoms with Crippen molar-refractivity contribution in [3.8, 4) is 67.3 Å². The van der Waals surface area contributed by atoms with Crippen LogP contribution in [0.5, 0.6) is 0 Å². The summed E-state index contributed by atoms with van der Waals surface area (Å²) in [6, 6.07) is 73.5. The van der Waals surface area contributed by atoms with Crippen molar-refractivity contribution in [2.75, 3.05) is 0 Å². The molecule has 0 N–H and O–H groups in total. The number of nitrogens with zero attached hydrogens (tertiary/aromatic N) is 6. The van der Waals surface area contributed by atoms with Gasteiger partial charge in [0, 0.05) is 27.1 Å². The van der Waals surface area contributed by atoms with Crippen LogP contribution in [-0.2, 0) is 0 Å². The molecule has 0 bridgehead atoms. The maximum atomic E-state index is 8.77. The van der Waals surface area contributed by atoms with Crippen LogP contribution in [0.3, 0.4) is 0 Å². The Balaban J connectivity index is 1.26. The van der Waals surface area contributed by atoms with E-state index in [0.29, 0.717) is 28.7 Å². The molecule has 0 aliphatic carbocycles. The lowest BCUT2D eigenvalue weighted by Crippen LogP contribution is -2.06. The second-order valence-corrected chi connectivity index (χ2v) is 16.8. The van der Waals surface area contributed by atoms with Crippen molar-refractivity contribution in [3.63, 3.8) is 0 Å². The van der Waals surface area contributed by atoms with Gasteiger partial charge in [0.15, 0.2) is 11.5 Å². The predicted molar refractivity (Wildman–Crippen MR) is 271 cm³/mol. The molecular weight excluding hydrogens is 805 g/mol. The summed E-state index contributed by atoms with van der Waals surface area (Å²) in [7, 11) is 0. The average molecular weight is 845 g/mol. The van der Waals surface area contributed by atoms with E-state index >= 15 is 0 Å². The molecule has 9 aromatic carbocycles. The summed E-state index contributed by atoms with van der Waals surface area (Å²) < 4.78 is 4.78. The minimum Gasteiger partial charge on any atom is -0.308 e. The SMILES string of the molecule is [C-]#[N+]c1cc(-n2c3cc(-c4ccccc4)ccc3c3ccc(-c4ccccc4)cc32)c(-n2c3cc(-c4ccccc4)ccc3c3ccc(-c4ccccc4)cc32)cc1-c1nc(C)nc(C)n1. The molecule has 0 unspecified atom stereocenters. The van der Waals surface area contributed by atoms with Gasteiger partial charge in [-0.05, 0) is 94.8 Å². The summed E-state index contributed by atoms with van der Waals surface area (Å²) in [4.78, 5) is 18.5. The molecule has 0 fully saturated rings. The molecule has 3 aromatic heterocycles. The van der Waals surface area contributed by atoms with E-state index in [1.54, 1.807) is 0 Å². The number of fused-ring (bicyclic) bond motifs is 6. The van der Waals surface area contributed by atoms with Crippen molar-refractivity contribution < 1.29 is 0 Å². The molecule has 0 radical (unpaired) electrons. The molecule has 0 spiro atoms. The molecule has 6 heteroatoms. The van der Waals surface area contributed by atoms with Crippen molar-refractivity contribution in [3.05, 3.63) is 229 Å². The molecular formula is C60H40N6. The monoisotopic (exact) mass is 844 g/mol. The molecule has 0 aliphatic heterocycles. The number of aryl methyl sites for hydroxylation is 2. The van der Waals surface area contributed by atoms with Gasteiger partial charge in [0.25, 0.3) is 0 Å². The number of rotatable bonds is 7. The van der Waals surface area contributed by atoms with Gasteiger partial charge >= 0.3 is 0 Å². The predicted octanol–water partition coefficient (Wildman–Crippen LogP) is 15.6. The number of hydrogen-bond donors (Lipinski definition) is 0. The number of benzene rings is 9. The van der Waals surface area contributed by atoms with Gasteiger partial charge in [-0.15, -0.1) is 0 Å². The minimum absolute atomic E-state index is 0.447. The maximum Gasteiger partial charge on any atom is 0.200 e. The van der Waals surface area contributed by atoms with Gasteiger partial charge in [-0.3, -0.25) is 0 Å². The highest BCUT2D eigenvalue weighted by atomic mass is 15.1. The lowest BCUT2D eigenvalue weighted by Gasteiger charge is -2.20. The van der Waals surface area contributed by atoms with E-state index in [9.17, 15) is 0 Å². The molecule has 0 saturated heterocycles. The highest BCUT2D eigenvalue weighted by Gasteiger charge is 2.25. The average Bonchev–Trinajstić information content (AvgIpc) is 3.87. The van der Waals surface area contributed by atoms with E-state index in [2.05, 4.69) is 225 Å². The van der Waals surface area contributed by atoms with Crippen LogP contribution < -0.4 is 0 Å². The fourth-order valence-electron chi connectivity index (χ4n) is 9.73. The quantitative estimate of drug-likeness (QED) is 0.150. The number of aromatic nitrogens is 5. The molecule has 0 aliphatic rings. The third-order valence-corrected chi connectivity index (χ3v) is 12.8. The van der Waals surface area contributed by atoms with E-state index in [4.69, 9.17) is 16.5 Å². The Morgan fingerprint density at radius 2 is 0.667 bits per heavy atom. The third kappa shape index (κ3) is 6.53. The zero-order valence-corrected chi connectivity index (χ0v) is 36.3. The Hall–Kier alpha value is -8.92. The van der Waals surface area contributed by atoms with Gasteiger partial charge in [-0.2, -0.15) is 0 Å². The van der Waals surface area contributed by atoms with E-state index in [0.717, 1.165) is 99.5 Å². The summed E-state index contributed by atoms with van der Waals surface area (Å²) in [5.74, 6) is 1.66. The maximum absolute atomic E-state index is 8.77. The lowest BCUT2D eigenvalue weighted by molar-refractivity contribution is 0.928. The van der Waals surface area contributed by atoms with Crippen LogP contribution in [0.4, 0.5) is 5.69 Å². The third-order valence-electron chi connectivity index (χ3n) is 12.8. The van der Waals surface area contributed by atoms with Crippen molar-refractivity contribution >= 4 is 49.3 Å². The van der Waals surface area contributed by atoms with E-state index in [-0.39, 0.29) is 0 Å². The van der Waals surface area contributed by atoms with Gasteiger partial charge in [-0.25, -0.2) is 19.8 Å². The van der Waals surface area contributed by atoms with Crippen LogP contribution in [0.2, 0.25) is 0 Å². The zero-order valence-electron chi connectivity index (χ0n) is 36.3.